The molecule has 33 heavy (non-hydrogen) atoms. The van der Waals surface area contributed by atoms with Gasteiger partial charge in [-0.1, -0.05) is 55.5 Å². The molecule has 0 spiro atoms. The first-order chi connectivity index (χ1) is 16.1. The number of benzene rings is 2. The molecule has 0 aliphatic carbocycles. The van der Waals surface area contributed by atoms with Crippen molar-refractivity contribution in [1.82, 2.24) is 30.9 Å². The normalized spacial score (nSPS) is 10.8. The summed E-state index contributed by atoms with van der Waals surface area (Å²) in [7, 11) is 0. The molecule has 8 nitrogen and oxygen atoms in total. The molecule has 0 fully saturated rings. The lowest BCUT2D eigenvalue weighted by molar-refractivity contribution is 0.0948. The molecule has 4 rings (SSSR count). The molecule has 2 aromatic heterocycles. The van der Waals surface area contributed by atoms with Crippen LogP contribution in [0.25, 0.3) is 22.5 Å². The zero-order valence-electron chi connectivity index (χ0n) is 18.9. The van der Waals surface area contributed by atoms with E-state index in [1.807, 2.05) is 75.4 Å². The summed E-state index contributed by atoms with van der Waals surface area (Å²) in [6.07, 6.45) is 0.864. The van der Waals surface area contributed by atoms with Gasteiger partial charge in [-0.15, -0.1) is 5.10 Å². The van der Waals surface area contributed by atoms with Gasteiger partial charge in [-0.25, -0.2) is 5.10 Å². The van der Waals surface area contributed by atoms with Gasteiger partial charge in [0.15, 0.2) is 5.82 Å². The fraction of sp³-hybridized carbons (Fsp3) is 0.240. The van der Waals surface area contributed by atoms with Crippen molar-refractivity contribution in [2.24, 2.45) is 0 Å². The van der Waals surface area contributed by atoms with Gasteiger partial charge >= 0.3 is 0 Å². The fourth-order valence-corrected chi connectivity index (χ4v) is 3.67. The molecular weight excluding hydrogens is 416 g/mol. The monoisotopic (exact) mass is 442 g/mol. The number of pyridine rings is 1. The number of carbonyl (C=O) groups excluding carboxylic acids is 1. The minimum absolute atomic E-state index is 0.161. The standard InChI is InChI=1S/C25H26N6O2/c1-4-13-26-25(32)23-17(3)27-16(2)14-22(23)33-15-18-9-11-19(12-10-18)20-7-5-6-8-21(20)24-28-30-31-29-24/h5-12,14H,4,13,15H2,1-3H3,(H,26,32)(H,28,29,30,31). The minimum Gasteiger partial charge on any atom is -0.488 e. The smallest absolute Gasteiger partial charge is 0.256 e. The second kappa shape index (κ2) is 10.0. The molecular formula is C25H26N6O2. The predicted molar refractivity (Wildman–Crippen MR) is 126 cm³/mol. The first kappa shape index (κ1) is 22.1. The van der Waals surface area contributed by atoms with E-state index in [1.165, 1.54) is 0 Å². The van der Waals surface area contributed by atoms with Crippen LogP contribution in [0.4, 0.5) is 0 Å². The Morgan fingerprint density at radius 3 is 2.52 bits per heavy atom. The third-order valence-corrected chi connectivity index (χ3v) is 5.24. The summed E-state index contributed by atoms with van der Waals surface area (Å²) < 4.78 is 6.08. The Morgan fingerprint density at radius 2 is 1.82 bits per heavy atom. The van der Waals surface area contributed by atoms with Crippen LogP contribution in [0.5, 0.6) is 5.75 Å². The summed E-state index contributed by atoms with van der Waals surface area (Å²) in [5.74, 6) is 1.00. The molecule has 168 valence electrons. The second-order valence-corrected chi connectivity index (χ2v) is 7.76. The molecule has 2 aromatic carbocycles. The van der Waals surface area contributed by atoms with Crippen molar-refractivity contribution in [2.45, 2.75) is 33.8 Å². The highest BCUT2D eigenvalue weighted by Crippen LogP contribution is 2.30. The second-order valence-electron chi connectivity index (χ2n) is 7.76. The Hall–Kier alpha value is -4.07. The van der Waals surface area contributed by atoms with Crippen molar-refractivity contribution in [2.75, 3.05) is 6.54 Å². The molecule has 2 heterocycles. The number of hydrogen-bond acceptors (Lipinski definition) is 6. The van der Waals surface area contributed by atoms with Crippen LogP contribution in [0.2, 0.25) is 0 Å². The molecule has 0 aliphatic rings. The van der Waals surface area contributed by atoms with E-state index in [1.54, 1.807) is 0 Å². The van der Waals surface area contributed by atoms with Crippen LogP contribution < -0.4 is 10.1 Å². The van der Waals surface area contributed by atoms with Crippen LogP contribution in [0.1, 0.15) is 40.7 Å². The number of aryl methyl sites for hydroxylation is 2. The van der Waals surface area contributed by atoms with E-state index in [0.717, 1.165) is 34.4 Å². The van der Waals surface area contributed by atoms with E-state index in [4.69, 9.17) is 4.74 Å². The summed E-state index contributed by atoms with van der Waals surface area (Å²) in [6, 6.07) is 17.9. The maximum absolute atomic E-state index is 12.7. The highest BCUT2D eigenvalue weighted by atomic mass is 16.5. The van der Waals surface area contributed by atoms with E-state index in [2.05, 4.69) is 30.9 Å². The average molecular weight is 443 g/mol. The van der Waals surface area contributed by atoms with Crippen molar-refractivity contribution < 1.29 is 9.53 Å². The van der Waals surface area contributed by atoms with Gasteiger partial charge in [0.1, 0.15) is 17.9 Å². The molecule has 0 radical (unpaired) electrons. The Kier molecular flexibility index (Phi) is 6.73. The van der Waals surface area contributed by atoms with Crippen molar-refractivity contribution in [1.29, 1.82) is 0 Å². The number of carbonyl (C=O) groups is 1. The minimum atomic E-state index is -0.161. The van der Waals surface area contributed by atoms with Gasteiger partial charge in [0.25, 0.3) is 5.91 Å². The summed E-state index contributed by atoms with van der Waals surface area (Å²) in [5, 5.41) is 17.1. The number of H-pyrrole nitrogens is 1. The Balaban J connectivity index is 1.53. The Bertz CT molecular complexity index is 1240. The number of nitrogens with one attached hydrogen (secondary N) is 2. The summed E-state index contributed by atoms with van der Waals surface area (Å²) in [6.45, 7) is 6.69. The van der Waals surface area contributed by atoms with Crippen LogP contribution in [0.15, 0.2) is 54.6 Å². The van der Waals surface area contributed by atoms with E-state index < -0.39 is 0 Å². The summed E-state index contributed by atoms with van der Waals surface area (Å²) in [4.78, 5) is 17.1. The highest BCUT2D eigenvalue weighted by Gasteiger charge is 2.17. The van der Waals surface area contributed by atoms with Gasteiger partial charge in [0.2, 0.25) is 0 Å². The third-order valence-electron chi connectivity index (χ3n) is 5.24. The number of hydrogen-bond donors (Lipinski definition) is 2. The molecule has 8 heteroatoms. The molecule has 0 saturated heterocycles. The van der Waals surface area contributed by atoms with Crippen LogP contribution in [0.3, 0.4) is 0 Å². The largest absolute Gasteiger partial charge is 0.488 e. The quantitative estimate of drug-likeness (QED) is 0.422. The first-order valence-electron chi connectivity index (χ1n) is 10.9. The van der Waals surface area contributed by atoms with Crippen molar-refractivity contribution in [3.8, 4) is 28.3 Å². The van der Waals surface area contributed by atoms with Gasteiger partial charge in [-0.05, 0) is 47.4 Å². The maximum atomic E-state index is 12.7. The highest BCUT2D eigenvalue weighted by molar-refractivity contribution is 5.98. The first-order valence-corrected chi connectivity index (χ1v) is 10.9. The predicted octanol–water partition coefficient (Wildman–Crippen LogP) is 4.26. The maximum Gasteiger partial charge on any atom is 0.256 e. The van der Waals surface area contributed by atoms with E-state index in [9.17, 15) is 4.79 Å². The topological polar surface area (TPSA) is 106 Å². The number of nitrogens with zero attached hydrogens (tertiary/aromatic N) is 4. The number of tetrazole rings is 1. The van der Waals surface area contributed by atoms with Gasteiger partial charge < -0.3 is 10.1 Å². The zero-order valence-corrected chi connectivity index (χ0v) is 18.9. The number of amides is 1. The van der Waals surface area contributed by atoms with Crippen LogP contribution in [-0.2, 0) is 6.61 Å². The lowest BCUT2D eigenvalue weighted by Gasteiger charge is -2.15. The number of aromatic nitrogens is 5. The van der Waals surface area contributed by atoms with Crippen molar-refractivity contribution in [3.63, 3.8) is 0 Å². The Labute approximate surface area is 192 Å². The van der Waals surface area contributed by atoms with Gasteiger partial charge in [0.05, 0.1) is 5.69 Å². The van der Waals surface area contributed by atoms with E-state index in [-0.39, 0.29) is 5.91 Å². The fourth-order valence-electron chi connectivity index (χ4n) is 3.67. The van der Waals surface area contributed by atoms with Gasteiger partial charge in [0, 0.05) is 23.9 Å². The van der Waals surface area contributed by atoms with Gasteiger partial charge in [-0.2, -0.15) is 0 Å². The van der Waals surface area contributed by atoms with E-state index in [0.29, 0.717) is 36.0 Å². The zero-order chi connectivity index (χ0) is 23.2. The molecule has 0 bridgehead atoms. The third kappa shape index (κ3) is 5.06. The molecule has 1 amide bonds. The van der Waals surface area contributed by atoms with Crippen molar-refractivity contribution >= 4 is 5.91 Å². The number of aromatic amines is 1. The molecule has 4 aromatic rings. The summed E-state index contributed by atoms with van der Waals surface area (Å²) >= 11 is 0. The summed E-state index contributed by atoms with van der Waals surface area (Å²) in [5.41, 5.74) is 5.94. The Morgan fingerprint density at radius 1 is 1.06 bits per heavy atom. The van der Waals surface area contributed by atoms with Crippen molar-refractivity contribution in [3.05, 3.63) is 77.1 Å². The SMILES string of the molecule is CCCNC(=O)c1c(OCc2ccc(-c3ccccc3-c3nnn[nH]3)cc2)cc(C)nc1C. The van der Waals surface area contributed by atoms with Gasteiger partial charge in [-0.3, -0.25) is 9.78 Å². The lowest BCUT2D eigenvalue weighted by Crippen LogP contribution is -2.26. The van der Waals surface area contributed by atoms with Crippen LogP contribution >= 0.6 is 0 Å². The van der Waals surface area contributed by atoms with Crippen LogP contribution in [-0.4, -0.2) is 38.1 Å². The molecule has 0 atom stereocenters. The van der Waals surface area contributed by atoms with E-state index >= 15 is 0 Å². The molecule has 0 aliphatic heterocycles. The number of ether oxygens (including phenoxy) is 1. The molecule has 2 N–H and O–H groups in total. The molecule has 0 saturated carbocycles. The lowest BCUT2D eigenvalue weighted by atomic mass is 9.98. The average Bonchev–Trinajstić information content (AvgIpc) is 3.36. The van der Waals surface area contributed by atoms with Crippen LogP contribution in [0, 0.1) is 13.8 Å². The number of rotatable bonds is 8. The molecule has 0 unspecified atom stereocenters.